The fourth-order valence-electron chi connectivity index (χ4n) is 3.39. The molecule has 3 aromatic rings. The first-order chi connectivity index (χ1) is 15.2. The minimum atomic E-state index is -0.391. The van der Waals surface area contributed by atoms with Gasteiger partial charge < -0.3 is 15.0 Å². The van der Waals surface area contributed by atoms with E-state index in [1.165, 1.54) is 11.8 Å². The number of hydrogen-bond acceptors (Lipinski definition) is 4. The summed E-state index contributed by atoms with van der Waals surface area (Å²) in [6, 6.07) is 26.7. The number of rotatable bonds is 6. The third kappa shape index (κ3) is 5.54. The maximum atomic E-state index is 13.2. The van der Waals surface area contributed by atoms with Crippen LogP contribution in [-0.4, -0.2) is 43.0 Å². The highest BCUT2D eigenvalue weighted by Gasteiger charge is 2.23. The lowest BCUT2D eigenvalue weighted by molar-refractivity contribution is -0.115. The Morgan fingerprint density at radius 1 is 0.839 bits per heavy atom. The van der Waals surface area contributed by atoms with Crippen LogP contribution < -0.4 is 5.32 Å². The molecule has 1 atom stereocenters. The minimum absolute atomic E-state index is 0.0111. The van der Waals surface area contributed by atoms with E-state index < -0.39 is 5.25 Å². The summed E-state index contributed by atoms with van der Waals surface area (Å²) >= 11 is 1.51. The van der Waals surface area contributed by atoms with Crippen LogP contribution in [0, 0.1) is 0 Å². The van der Waals surface area contributed by atoms with Crippen molar-refractivity contribution in [2.24, 2.45) is 0 Å². The zero-order chi connectivity index (χ0) is 21.5. The average Bonchev–Trinajstić information content (AvgIpc) is 2.84. The van der Waals surface area contributed by atoms with Gasteiger partial charge in [-0.05, 0) is 42.0 Å². The molecule has 1 aliphatic rings. The molecule has 1 fully saturated rings. The van der Waals surface area contributed by atoms with E-state index in [0.29, 0.717) is 37.6 Å². The molecule has 0 spiro atoms. The number of ether oxygens (including phenoxy) is 1. The van der Waals surface area contributed by atoms with Gasteiger partial charge in [0.25, 0.3) is 5.91 Å². The van der Waals surface area contributed by atoms with Crippen LogP contribution in [0.3, 0.4) is 0 Å². The van der Waals surface area contributed by atoms with Crippen LogP contribution in [0.5, 0.6) is 0 Å². The molecule has 31 heavy (non-hydrogen) atoms. The van der Waals surface area contributed by atoms with E-state index in [-0.39, 0.29) is 11.8 Å². The van der Waals surface area contributed by atoms with Crippen molar-refractivity contribution in [1.82, 2.24) is 4.90 Å². The van der Waals surface area contributed by atoms with E-state index in [9.17, 15) is 9.59 Å². The second-order valence-electron chi connectivity index (χ2n) is 7.19. The summed E-state index contributed by atoms with van der Waals surface area (Å²) in [4.78, 5) is 28.6. The Balaban J connectivity index is 1.47. The molecule has 4 rings (SSSR count). The van der Waals surface area contributed by atoms with Crippen LogP contribution >= 0.6 is 11.8 Å². The van der Waals surface area contributed by atoms with Crippen LogP contribution in [0.1, 0.15) is 21.2 Å². The standard InChI is InChI=1S/C25H24N2O3S/c28-24(23(19-7-3-1-4-8-19)31-22-9-5-2-6-10-22)26-21-13-11-20(12-14-21)25(29)27-15-17-30-18-16-27/h1-14,23H,15-18H2,(H,26,28). The lowest BCUT2D eigenvalue weighted by Crippen LogP contribution is -2.40. The van der Waals surface area contributed by atoms with Gasteiger partial charge in [-0.3, -0.25) is 9.59 Å². The highest BCUT2D eigenvalue weighted by Crippen LogP contribution is 2.36. The van der Waals surface area contributed by atoms with Crippen molar-refractivity contribution in [2.75, 3.05) is 31.6 Å². The molecular weight excluding hydrogens is 408 g/mol. The van der Waals surface area contributed by atoms with E-state index >= 15 is 0 Å². The van der Waals surface area contributed by atoms with E-state index in [1.54, 1.807) is 29.2 Å². The number of morpholine rings is 1. The SMILES string of the molecule is O=C(Nc1ccc(C(=O)N2CCOCC2)cc1)C(Sc1ccccc1)c1ccccc1. The molecule has 0 aromatic heterocycles. The van der Waals surface area contributed by atoms with Crippen molar-refractivity contribution in [3.8, 4) is 0 Å². The monoisotopic (exact) mass is 432 g/mol. The summed E-state index contributed by atoms with van der Waals surface area (Å²) < 4.78 is 5.31. The van der Waals surface area contributed by atoms with E-state index in [1.807, 2.05) is 60.7 Å². The fourth-order valence-corrected chi connectivity index (χ4v) is 4.43. The third-order valence-corrected chi connectivity index (χ3v) is 6.30. The zero-order valence-electron chi connectivity index (χ0n) is 17.1. The Morgan fingerprint density at radius 2 is 1.45 bits per heavy atom. The Labute approximate surface area is 186 Å². The second kappa shape index (κ2) is 10.3. The minimum Gasteiger partial charge on any atom is -0.378 e. The lowest BCUT2D eigenvalue weighted by atomic mass is 10.1. The van der Waals surface area contributed by atoms with Gasteiger partial charge in [0, 0.05) is 29.2 Å². The molecule has 1 aliphatic heterocycles. The molecule has 0 aliphatic carbocycles. The number of nitrogens with zero attached hydrogens (tertiary/aromatic N) is 1. The van der Waals surface area contributed by atoms with Crippen molar-refractivity contribution >= 4 is 29.3 Å². The molecule has 1 saturated heterocycles. The molecular formula is C25H24N2O3S. The molecule has 1 unspecified atom stereocenters. The molecule has 158 valence electrons. The summed E-state index contributed by atoms with van der Waals surface area (Å²) in [6.45, 7) is 2.35. The normalized spacial score (nSPS) is 14.6. The van der Waals surface area contributed by atoms with Gasteiger partial charge in [-0.25, -0.2) is 0 Å². The Kier molecular flexibility index (Phi) is 7.02. The van der Waals surface area contributed by atoms with Gasteiger partial charge in [0.2, 0.25) is 5.91 Å². The van der Waals surface area contributed by atoms with E-state index in [4.69, 9.17) is 4.74 Å². The highest BCUT2D eigenvalue weighted by atomic mass is 32.2. The molecule has 3 aromatic carbocycles. The quantitative estimate of drug-likeness (QED) is 0.577. The highest BCUT2D eigenvalue weighted by molar-refractivity contribution is 8.00. The molecule has 1 heterocycles. The van der Waals surface area contributed by atoms with Crippen LogP contribution in [0.25, 0.3) is 0 Å². The molecule has 6 heteroatoms. The fraction of sp³-hybridized carbons (Fsp3) is 0.200. The van der Waals surface area contributed by atoms with Crippen LogP contribution in [0.4, 0.5) is 5.69 Å². The number of carbonyl (C=O) groups excluding carboxylic acids is 2. The van der Waals surface area contributed by atoms with Gasteiger partial charge in [0.15, 0.2) is 0 Å². The van der Waals surface area contributed by atoms with Crippen molar-refractivity contribution in [3.63, 3.8) is 0 Å². The molecule has 0 bridgehead atoms. The molecule has 0 radical (unpaired) electrons. The first kappa shape index (κ1) is 21.2. The largest absolute Gasteiger partial charge is 0.378 e. The first-order valence-corrected chi connectivity index (χ1v) is 11.1. The first-order valence-electron chi connectivity index (χ1n) is 10.3. The number of thioether (sulfide) groups is 1. The van der Waals surface area contributed by atoms with Gasteiger partial charge in [-0.15, -0.1) is 11.8 Å². The molecule has 2 amide bonds. The van der Waals surface area contributed by atoms with Crippen molar-refractivity contribution in [3.05, 3.63) is 96.1 Å². The maximum absolute atomic E-state index is 13.2. The number of hydrogen-bond donors (Lipinski definition) is 1. The van der Waals surface area contributed by atoms with Crippen molar-refractivity contribution in [2.45, 2.75) is 10.1 Å². The van der Waals surface area contributed by atoms with Crippen LogP contribution in [0.15, 0.2) is 89.8 Å². The molecule has 1 N–H and O–H groups in total. The summed E-state index contributed by atoms with van der Waals surface area (Å²) in [5.74, 6) is -0.115. The van der Waals surface area contributed by atoms with Gasteiger partial charge in [0.1, 0.15) is 5.25 Å². The summed E-state index contributed by atoms with van der Waals surface area (Å²) in [7, 11) is 0. The second-order valence-corrected chi connectivity index (χ2v) is 8.37. The van der Waals surface area contributed by atoms with Crippen molar-refractivity contribution < 1.29 is 14.3 Å². The Morgan fingerprint density at radius 3 is 2.10 bits per heavy atom. The number of carbonyl (C=O) groups is 2. The Hall–Kier alpha value is -3.09. The number of amides is 2. The van der Waals surface area contributed by atoms with Crippen LogP contribution in [0.2, 0.25) is 0 Å². The van der Waals surface area contributed by atoms with E-state index in [2.05, 4.69) is 5.32 Å². The predicted molar refractivity (Wildman–Crippen MR) is 123 cm³/mol. The van der Waals surface area contributed by atoms with Gasteiger partial charge in [0.05, 0.1) is 13.2 Å². The number of anilines is 1. The predicted octanol–water partition coefficient (Wildman–Crippen LogP) is 4.63. The molecule has 0 saturated carbocycles. The van der Waals surface area contributed by atoms with Gasteiger partial charge in [-0.2, -0.15) is 0 Å². The maximum Gasteiger partial charge on any atom is 0.254 e. The van der Waals surface area contributed by atoms with Crippen molar-refractivity contribution in [1.29, 1.82) is 0 Å². The summed E-state index contributed by atoms with van der Waals surface area (Å²) in [5, 5.41) is 2.61. The average molecular weight is 433 g/mol. The Bertz CT molecular complexity index is 1000. The van der Waals surface area contributed by atoms with Crippen LogP contribution in [-0.2, 0) is 9.53 Å². The van der Waals surface area contributed by atoms with Gasteiger partial charge in [-0.1, -0.05) is 48.5 Å². The van der Waals surface area contributed by atoms with E-state index in [0.717, 1.165) is 10.5 Å². The number of nitrogens with one attached hydrogen (secondary N) is 1. The number of benzene rings is 3. The summed E-state index contributed by atoms with van der Waals surface area (Å²) in [5.41, 5.74) is 2.21. The third-order valence-electron chi connectivity index (χ3n) is 5.04. The smallest absolute Gasteiger partial charge is 0.254 e. The topological polar surface area (TPSA) is 58.6 Å². The van der Waals surface area contributed by atoms with Gasteiger partial charge >= 0.3 is 0 Å². The zero-order valence-corrected chi connectivity index (χ0v) is 17.9. The molecule has 5 nitrogen and oxygen atoms in total. The summed E-state index contributed by atoms with van der Waals surface area (Å²) in [6.07, 6.45) is 0. The lowest BCUT2D eigenvalue weighted by Gasteiger charge is -2.26.